The summed E-state index contributed by atoms with van der Waals surface area (Å²) in [5.41, 5.74) is 2.95. The van der Waals surface area contributed by atoms with Gasteiger partial charge in [0.15, 0.2) is 0 Å². The van der Waals surface area contributed by atoms with E-state index in [1.807, 2.05) is 31.6 Å². The Hall–Kier alpha value is -1.78. The Morgan fingerprint density at radius 1 is 1.50 bits per heavy atom. The summed E-state index contributed by atoms with van der Waals surface area (Å²) >= 11 is 0. The molecular weight excluding hydrogens is 252 g/mol. The summed E-state index contributed by atoms with van der Waals surface area (Å²) < 4.78 is 1.82. The Balaban J connectivity index is 1.91. The lowest BCUT2D eigenvalue weighted by atomic mass is 9.95. The fourth-order valence-electron chi connectivity index (χ4n) is 2.51. The number of aryl methyl sites for hydroxylation is 2. The molecule has 0 aliphatic heterocycles. The summed E-state index contributed by atoms with van der Waals surface area (Å²) in [5.74, 6) is 0. The topological polar surface area (TPSA) is 59.0 Å². The molecular formula is C15H24N4O. The first-order chi connectivity index (χ1) is 9.60. The number of hydrogen-bond acceptors (Lipinski definition) is 2. The Bertz CT molecular complexity index is 504. The van der Waals surface area contributed by atoms with Gasteiger partial charge in [0.05, 0.1) is 11.4 Å². The van der Waals surface area contributed by atoms with E-state index in [1.165, 1.54) is 18.4 Å². The van der Waals surface area contributed by atoms with Crippen molar-refractivity contribution >= 4 is 11.7 Å². The van der Waals surface area contributed by atoms with Crippen molar-refractivity contribution in [3.8, 4) is 0 Å². The minimum absolute atomic E-state index is 0.0943. The van der Waals surface area contributed by atoms with Crippen LogP contribution in [0.15, 0.2) is 17.8 Å². The van der Waals surface area contributed by atoms with Crippen molar-refractivity contribution in [1.29, 1.82) is 0 Å². The lowest BCUT2D eigenvalue weighted by Gasteiger charge is -2.20. The van der Waals surface area contributed by atoms with Crippen LogP contribution in [0.2, 0.25) is 0 Å². The summed E-state index contributed by atoms with van der Waals surface area (Å²) in [6, 6.07) is -0.0699. The first kappa shape index (κ1) is 14.6. The third-order valence-electron chi connectivity index (χ3n) is 3.75. The molecule has 0 radical (unpaired) electrons. The lowest BCUT2D eigenvalue weighted by molar-refractivity contribution is 0.250. The van der Waals surface area contributed by atoms with Crippen molar-refractivity contribution in [3.63, 3.8) is 0 Å². The highest BCUT2D eigenvalue weighted by atomic mass is 16.2. The second kappa shape index (κ2) is 6.59. The molecule has 0 fully saturated rings. The van der Waals surface area contributed by atoms with Gasteiger partial charge in [0.2, 0.25) is 0 Å². The zero-order chi connectivity index (χ0) is 14.5. The number of rotatable bonds is 4. The van der Waals surface area contributed by atoms with E-state index in [0.29, 0.717) is 0 Å². The number of nitrogens with one attached hydrogen (secondary N) is 2. The van der Waals surface area contributed by atoms with Gasteiger partial charge in [0.25, 0.3) is 0 Å². The second-order valence-corrected chi connectivity index (χ2v) is 5.33. The molecule has 0 bridgehead atoms. The van der Waals surface area contributed by atoms with Crippen molar-refractivity contribution in [2.75, 3.05) is 5.32 Å². The number of amides is 2. The molecule has 1 heterocycles. The monoisotopic (exact) mass is 276 g/mol. The molecule has 20 heavy (non-hydrogen) atoms. The number of anilines is 1. The molecule has 1 aliphatic rings. The van der Waals surface area contributed by atoms with Gasteiger partial charge in [-0.05, 0) is 46.5 Å². The Morgan fingerprint density at radius 2 is 2.30 bits per heavy atom. The molecule has 0 saturated carbocycles. The van der Waals surface area contributed by atoms with Crippen molar-refractivity contribution in [2.24, 2.45) is 0 Å². The number of carbonyl (C=O) groups excluding carboxylic acids is 1. The van der Waals surface area contributed by atoms with Crippen LogP contribution >= 0.6 is 0 Å². The van der Waals surface area contributed by atoms with E-state index in [-0.39, 0.29) is 12.1 Å². The van der Waals surface area contributed by atoms with E-state index in [9.17, 15) is 4.79 Å². The standard InChI is InChI=1S/C15H24N4O/c1-4-19-10-14(12(3)18-19)17-15(20)16-11(2)13-8-6-5-7-9-13/h8,10-11H,4-7,9H2,1-3H3,(H2,16,17,20)/t11-/m0/s1. The summed E-state index contributed by atoms with van der Waals surface area (Å²) in [6.07, 6.45) is 8.83. The van der Waals surface area contributed by atoms with Gasteiger partial charge in [0.1, 0.15) is 0 Å². The summed E-state index contributed by atoms with van der Waals surface area (Å²) in [6.45, 7) is 6.76. The normalized spacial score (nSPS) is 16.4. The molecule has 1 aliphatic carbocycles. The van der Waals surface area contributed by atoms with Crippen molar-refractivity contribution < 1.29 is 4.79 Å². The highest BCUT2D eigenvalue weighted by molar-refractivity contribution is 5.90. The fourth-order valence-corrected chi connectivity index (χ4v) is 2.51. The molecule has 110 valence electrons. The maximum atomic E-state index is 12.0. The van der Waals surface area contributed by atoms with E-state index in [1.54, 1.807) is 0 Å². The quantitative estimate of drug-likeness (QED) is 0.829. The number of carbonyl (C=O) groups is 1. The maximum Gasteiger partial charge on any atom is 0.319 e. The van der Waals surface area contributed by atoms with E-state index in [0.717, 1.165) is 30.8 Å². The van der Waals surface area contributed by atoms with Gasteiger partial charge in [-0.1, -0.05) is 11.6 Å². The molecule has 0 unspecified atom stereocenters. The van der Waals surface area contributed by atoms with Gasteiger partial charge in [0, 0.05) is 18.8 Å². The first-order valence-corrected chi connectivity index (χ1v) is 7.40. The molecule has 0 aromatic carbocycles. The molecule has 2 N–H and O–H groups in total. The van der Waals surface area contributed by atoms with Crippen molar-refractivity contribution in [1.82, 2.24) is 15.1 Å². The molecule has 5 nitrogen and oxygen atoms in total. The molecule has 1 atom stereocenters. The lowest BCUT2D eigenvalue weighted by Crippen LogP contribution is -2.37. The van der Waals surface area contributed by atoms with Crippen LogP contribution in [0.4, 0.5) is 10.5 Å². The average Bonchev–Trinajstić information content (AvgIpc) is 2.80. The van der Waals surface area contributed by atoms with Crippen LogP contribution in [0.25, 0.3) is 0 Å². The molecule has 0 saturated heterocycles. The van der Waals surface area contributed by atoms with E-state index in [4.69, 9.17) is 0 Å². The number of allylic oxidation sites excluding steroid dienone is 1. The molecule has 1 aromatic heterocycles. The molecule has 2 amide bonds. The summed E-state index contributed by atoms with van der Waals surface area (Å²) in [7, 11) is 0. The fraction of sp³-hybridized carbons (Fsp3) is 0.600. The van der Waals surface area contributed by atoms with E-state index >= 15 is 0 Å². The zero-order valence-electron chi connectivity index (χ0n) is 12.6. The van der Waals surface area contributed by atoms with Crippen molar-refractivity contribution in [3.05, 3.63) is 23.5 Å². The Labute approximate surface area is 120 Å². The van der Waals surface area contributed by atoms with Crippen LogP contribution in [-0.4, -0.2) is 21.9 Å². The summed E-state index contributed by atoms with van der Waals surface area (Å²) in [4.78, 5) is 12.0. The van der Waals surface area contributed by atoms with Gasteiger partial charge in [-0.2, -0.15) is 5.10 Å². The van der Waals surface area contributed by atoms with Crippen LogP contribution in [0.5, 0.6) is 0 Å². The third kappa shape index (κ3) is 3.62. The van der Waals surface area contributed by atoms with Gasteiger partial charge >= 0.3 is 6.03 Å². The second-order valence-electron chi connectivity index (χ2n) is 5.33. The number of urea groups is 1. The largest absolute Gasteiger partial charge is 0.332 e. The highest BCUT2D eigenvalue weighted by Gasteiger charge is 2.15. The Kier molecular flexibility index (Phi) is 4.82. The minimum atomic E-state index is -0.164. The molecule has 0 spiro atoms. The number of hydrogen-bond donors (Lipinski definition) is 2. The first-order valence-electron chi connectivity index (χ1n) is 7.40. The van der Waals surface area contributed by atoms with Gasteiger partial charge in [-0.25, -0.2) is 4.79 Å². The maximum absolute atomic E-state index is 12.0. The van der Waals surface area contributed by atoms with Crippen LogP contribution in [0.1, 0.15) is 45.2 Å². The van der Waals surface area contributed by atoms with Crippen LogP contribution in [0.3, 0.4) is 0 Å². The smallest absolute Gasteiger partial charge is 0.319 e. The predicted molar refractivity (Wildman–Crippen MR) is 80.8 cm³/mol. The van der Waals surface area contributed by atoms with Crippen molar-refractivity contribution in [2.45, 2.75) is 59.0 Å². The average molecular weight is 276 g/mol. The molecule has 5 heteroatoms. The van der Waals surface area contributed by atoms with Crippen LogP contribution in [-0.2, 0) is 6.54 Å². The predicted octanol–water partition coefficient (Wildman–Crippen LogP) is 3.22. The van der Waals surface area contributed by atoms with Gasteiger partial charge < -0.3 is 10.6 Å². The number of nitrogens with zero attached hydrogens (tertiary/aromatic N) is 2. The zero-order valence-corrected chi connectivity index (χ0v) is 12.6. The highest BCUT2D eigenvalue weighted by Crippen LogP contribution is 2.20. The van der Waals surface area contributed by atoms with Gasteiger partial charge in [-0.3, -0.25) is 4.68 Å². The third-order valence-corrected chi connectivity index (χ3v) is 3.75. The van der Waals surface area contributed by atoms with E-state index < -0.39 is 0 Å². The summed E-state index contributed by atoms with van der Waals surface area (Å²) in [5, 5.41) is 10.2. The van der Waals surface area contributed by atoms with Gasteiger partial charge in [-0.15, -0.1) is 0 Å². The number of aromatic nitrogens is 2. The molecule has 2 rings (SSSR count). The molecule has 1 aromatic rings. The van der Waals surface area contributed by atoms with Crippen LogP contribution in [0, 0.1) is 6.92 Å². The Morgan fingerprint density at radius 3 is 2.90 bits per heavy atom. The minimum Gasteiger partial charge on any atom is -0.332 e. The van der Waals surface area contributed by atoms with Crippen LogP contribution < -0.4 is 10.6 Å². The van der Waals surface area contributed by atoms with E-state index in [2.05, 4.69) is 21.8 Å². The SMILES string of the molecule is CCn1cc(NC(=O)N[C@@H](C)C2=CCCCC2)c(C)n1.